The molecule has 22 heavy (non-hydrogen) atoms. The summed E-state index contributed by atoms with van der Waals surface area (Å²) in [5.41, 5.74) is 6.07. The van der Waals surface area contributed by atoms with Gasteiger partial charge >= 0.3 is 0 Å². The first-order valence-corrected chi connectivity index (χ1v) is 6.71. The number of nitrogens with zero attached hydrogens (tertiary/aromatic N) is 1. The molecule has 1 atom stereocenters. The highest BCUT2D eigenvalue weighted by atomic mass is 127. The van der Waals surface area contributed by atoms with Gasteiger partial charge in [-0.2, -0.15) is 0 Å². The molecule has 0 bridgehead atoms. The molecule has 1 unspecified atom stereocenters. The van der Waals surface area contributed by atoms with Crippen molar-refractivity contribution < 1.29 is 14.3 Å². The van der Waals surface area contributed by atoms with Crippen LogP contribution in [0.4, 0.5) is 0 Å². The number of hydrogen-bond donors (Lipinski definition) is 3. The molecule has 0 aromatic heterocycles. The number of ether oxygens (including phenoxy) is 2. The van der Waals surface area contributed by atoms with Gasteiger partial charge in [-0.3, -0.25) is 9.79 Å². The predicted octanol–water partition coefficient (Wildman–Crippen LogP) is 0.615. The molecule has 1 heterocycles. The van der Waals surface area contributed by atoms with Crippen LogP contribution < -0.4 is 25.8 Å². The largest absolute Gasteiger partial charge is 0.493 e. The van der Waals surface area contributed by atoms with E-state index in [1.807, 2.05) is 12.1 Å². The van der Waals surface area contributed by atoms with Crippen LogP contribution in [0.25, 0.3) is 0 Å². The molecule has 1 amide bonds. The van der Waals surface area contributed by atoms with E-state index in [0.717, 1.165) is 18.1 Å². The number of methoxy groups -OCH3 is 1. The van der Waals surface area contributed by atoms with Crippen LogP contribution in [0.5, 0.6) is 11.5 Å². The standard InChI is InChI=1S/C14H20N4O3.HI/c1-9-6-16-14(18-9)17-7-10-3-4-11(12(5-10)20-2)21-8-13(15)19;/h3-5,9H,6-8H2,1-2H3,(H2,15,19)(H2,16,17,18);1H. The van der Waals surface area contributed by atoms with Gasteiger partial charge in [0.1, 0.15) is 0 Å². The van der Waals surface area contributed by atoms with Crippen molar-refractivity contribution in [3.8, 4) is 11.5 Å². The summed E-state index contributed by atoms with van der Waals surface area (Å²) in [5, 5.41) is 6.45. The molecule has 0 radical (unpaired) electrons. The quantitative estimate of drug-likeness (QED) is 0.587. The van der Waals surface area contributed by atoms with Crippen molar-refractivity contribution in [2.45, 2.75) is 19.5 Å². The zero-order valence-corrected chi connectivity index (χ0v) is 14.9. The summed E-state index contributed by atoms with van der Waals surface area (Å²) in [6, 6.07) is 5.87. The fourth-order valence-corrected chi connectivity index (χ4v) is 1.94. The third-order valence-electron chi connectivity index (χ3n) is 2.96. The molecular formula is C14H21IN4O3. The van der Waals surface area contributed by atoms with Gasteiger partial charge in [0.25, 0.3) is 5.91 Å². The van der Waals surface area contributed by atoms with Gasteiger partial charge in [0.2, 0.25) is 0 Å². The van der Waals surface area contributed by atoms with Crippen molar-refractivity contribution in [1.82, 2.24) is 10.6 Å². The number of carbonyl (C=O) groups excluding carboxylic acids is 1. The highest BCUT2D eigenvalue weighted by Gasteiger charge is 2.12. The number of guanidine groups is 1. The lowest BCUT2D eigenvalue weighted by molar-refractivity contribution is -0.119. The molecule has 7 nitrogen and oxygen atoms in total. The van der Waals surface area contributed by atoms with E-state index in [4.69, 9.17) is 15.2 Å². The van der Waals surface area contributed by atoms with Crippen LogP contribution in [-0.2, 0) is 11.3 Å². The molecule has 8 heteroatoms. The number of primary amides is 1. The van der Waals surface area contributed by atoms with E-state index in [2.05, 4.69) is 22.5 Å². The zero-order chi connectivity index (χ0) is 15.2. The first kappa shape index (κ1) is 18.3. The van der Waals surface area contributed by atoms with Gasteiger partial charge in [-0.05, 0) is 24.6 Å². The summed E-state index contributed by atoms with van der Waals surface area (Å²) in [6.45, 7) is 3.30. The molecule has 0 saturated carbocycles. The monoisotopic (exact) mass is 420 g/mol. The Balaban J connectivity index is 0.00000242. The Bertz CT molecular complexity index is 551. The molecule has 4 N–H and O–H groups in total. The van der Waals surface area contributed by atoms with Crippen LogP contribution in [0.3, 0.4) is 0 Å². The molecule has 0 spiro atoms. The number of benzene rings is 1. The minimum atomic E-state index is -0.526. The number of rotatable bonds is 6. The second-order valence-electron chi connectivity index (χ2n) is 4.83. The molecule has 1 aromatic carbocycles. The van der Waals surface area contributed by atoms with Crippen LogP contribution in [0.1, 0.15) is 12.5 Å². The van der Waals surface area contributed by atoms with Gasteiger partial charge in [-0.15, -0.1) is 24.0 Å². The lowest BCUT2D eigenvalue weighted by Gasteiger charge is -2.12. The number of aliphatic imine (C=N–C) groups is 1. The van der Waals surface area contributed by atoms with Gasteiger partial charge in [0.05, 0.1) is 13.7 Å². The van der Waals surface area contributed by atoms with Crippen molar-refractivity contribution in [3.05, 3.63) is 23.8 Å². The molecule has 0 fully saturated rings. The van der Waals surface area contributed by atoms with Crippen molar-refractivity contribution in [2.75, 3.05) is 20.3 Å². The van der Waals surface area contributed by atoms with E-state index in [-0.39, 0.29) is 30.6 Å². The van der Waals surface area contributed by atoms with Crippen LogP contribution in [-0.4, -0.2) is 38.2 Å². The third-order valence-corrected chi connectivity index (χ3v) is 2.96. The van der Waals surface area contributed by atoms with Gasteiger partial charge in [-0.25, -0.2) is 0 Å². The summed E-state index contributed by atoms with van der Waals surface area (Å²) < 4.78 is 10.5. The molecule has 0 aliphatic carbocycles. The van der Waals surface area contributed by atoms with Gasteiger partial charge in [0, 0.05) is 12.6 Å². The van der Waals surface area contributed by atoms with Crippen LogP contribution in [0.2, 0.25) is 0 Å². The lowest BCUT2D eigenvalue weighted by atomic mass is 10.2. The Morgan fingerprint density at radius 2 is 2.27 bits per heavy atom. The van der Waals surface area contributed by atoms with Crippen LogP contribution >= 0.6 is 24.0 Å². The van der Waals surface area contributed by atoms with E-state index in [1.54, 1.807) is 13.2 Å². The average molecular weight is 420 g/mol. The number of nitrogens with two attached hydrogens (primary N) is 1. The molecule has 0 saturated heterocycles. The van der Waals surface area contributed by atoms with Crippen molar-refractivity contribution >= 4 is 35.8 Å². The maximum absolute atomic E-state index is 10.7. The summed E-state index contributed by atoms with van der Waals surface area (Å²) in [5.74, 6) is 1.33. The number of hydrogen-bond acceptors (Lipinski definition) is 6. The Labute approximate surface area is 146 Å². The number of halogens is 1. The first-order valence-electron chi connectivity index (χ1n) is 6.71. The molecule has 1 aliphatic rings. The SMILES string of the molecule is COc1cc(CNC2=NCC(C)N2)ccc1OCC(N)=O.I. The fraction of sp³-hybridized carbons (Fsp3) is 0.429. The van der Waals surface area contributed by atoms with Crippen molar-refractivity contribution in [2.24, 2.45) is 10.7 Å². The smallest absolute Gasteiger partial charge is 0.255 e. The van der Waals surface area contributed by atoms with Crippen molar-refractivity contribution in [1.29, 1.82) is 0 Å². The lowest BCUT2D eigenvalue weighted by Crippen LogP contribution is -2.37. The molecule has 2 rings (SSSR count). The molecule has 1 aromatic rings. The molecule has 1 aliphatic heterocycles. The highest BCUT2D eigenvalue weighted by Crippen LogP contribution is 2.27. The topological polar surface area (TPSA) is 98.0 Å². The maximum Gasteiger partial charge on any atom is 0.255 e. The normalized spacial score (nSPS) is 16.1. The van der Waals surface area contributed by atoms with E-state index in [0.29, 0.717) is 24.1 Å². The third kappa shape index (κ3) is 5.24. The Hall–Kier alpha value is -1.71. The minimum absolute atomic E-state index is 0. The van der Waals surface area contributed by atoms with Crippen molar-refractivity contribution in [3.63, 3.8) is 0 Å². The van der Waals surface area contributed by atoms with Gasteiger partial charge < -0.3 is 25.8 Å². The number of nitrogens with one attached hydrogen (secondary N) is 2. The second-order valence-corrected chi connectivity index (χ2v) is 4.83. The summed E-state index contributed by atoms with van der Waals surface area (Å²) in [4.78, 5) is 15.1. The molecular weight excluding hydrogens is 399 g/mol. The van der Waals surface area contributed by atoms with E-state index < -0.39 is 5.91 Å². The number of carbonyl (C=O) groups is 1. The zero-order valence-electron chi connectivity index (χ0n) is 12.6. The minimum Gasteiger partial charge on any atom is -0.493 e. The van der Waals surface area contributed by atoms with E-state index in [9.17, 15) is 4.79 Å². The second kappa shape index (κ2) is 8.66. The highest BCUT2D eigenvalue weighted by molar-refractivity contribution is 14.0. The molecule has 122 valence electrons. The van der Waals surface area contributed by atoms with Crippen LogP contribution in [0.15, 0.2) is 23.2 Å². The van der Waals surface area contributed by atoms with Gasteiger partial charge in [0.15, 0.2) is 24.1 Å². The first-order chi connectivity index (χ1) is 10.1. The average Bonchev–Trinajstić information content (AvgIpc) is 2.88. The fourth-order valence-electron chi connectivity index (χ4n) is 1.94. The Morgan fingerprint density at radius 3 is 2.86 bits per heavy atom. The van der Waals surface area contributed by atoms with E-state index >= 15 is 0 Å². The van der Waals surface area contributed by atoms with Gasteiger partial charge in [-0.1, -0.05) is 6.07 Å². The number of amides is 1. The Morgan fingerprint density at radius 1 is 1.50 bits per heavy atom. The Kier molecular flexibility index (Phi) is 7.22. The maximum atomic E-state index is 10.7. The van der Waals surface area contributed by atoms with Crippen LogP contribution in [0, 0.1) is 0 Å². The summed E-state index contributed by atoms with van der Waals surface area (Å²) in [6.07, 6.45) is 0. The summed E-state index contributed by atoms with van der Waals surface area (Å²) >= 11 is 0. The predicted molar refractivity (Wildman–Crippen MR) is 94.8 cm³/mol. The van der Waals surface area contributed by atoms with E-state index in [1.165, 1.54) is 0 Å². The summed E-state index contributed by atoms with van der Waals surface area (Å²) in [7, 11) is 1.55.